The van der Waals surface area contributed by atoms with Crippen molar-refractivity contribution in [2.24, 2.45) is 0 Å². The normalized spacial score (nSPS) is 11.4. The highest BCUT2D eigenvalue weighted by atomic mass is 32.2. The molecule has 0 aliphatic rings. The van der Waals surface area contributed by atoms with E-state index in [0.717, 1.165) is 16.9 Å². The number of hydrogen-bond donors (Lipinski definition) is 1. The summed E-state index contributed by atoms with van der Waals surface area (Å²) >= 11 is 1.24. The van der Waals surface area contributed by atoms with Crippen LogP contribution in [0.3, 0.4) is 0 Å². The first-order valence-electron chi connectivity index (χ1n) is 7.74. The predicted octanol–water partition coefficient (Wildman–Crippen LogP) is 2.43. The molecule has 0 radical (unpaired) electrons. The number of carbonyl (C=O) groups is 1. The van der Waals surface area contributed by atoms with Crippen molar-refractivity contribution in [1.29, 1.82) is 0 Å². The third-order valence-corrected chi connectivity index (χ3v) is 6.57. The van der Waals surface area contributed by atoms with E-state index in [1.165, 1.54) is 18.3 Å². The smallest absolute Gasteiger partial charge is 0.250 e. The second-order valence-corrected chi connectivity index (χ2v) is 8.79. The fourth-order valence-electron chi connectivity index (χ4n) is 2.28. The topological polar surface area (TPSA) is 66.5 Å². The molecule has 1 aromatic heterocycles. The van der Waals surface area contributed by atoms with Gasteiger partial charge >= 0.3 is 0 Å². The van der Waals surface area contributed by atoms with Gasteiger partial charge in [0.1, 0.15) is 4.21 Å². The van der Waals surface area contributed by atoms with Crippen LogP contribution in [-0.2, 0) is 21.2 Å². The Morgan fingerprint density at radius 1 is 1.12 bits per heavy atom. The van der Waals surface area contributed by atoms with Crippen molar-refractivity contribution in [2.45, 2.75) is 24.5 Å². The summed E-state index contributed by atoms with van der Waals surface area (Å²) in [6.07, 6.45) is 0.747. The summed E-state index contributed by atoms with van der Waals surface area (Å²) in [6, 6.07) is 13.3. The summed E-state index contributed by atoms with van der Waals surface area (Å²) in [7, 11) is -3.50. The lowest BCUT2D eigenvalue weighted by molar-refractivity contribution is -0.128. The van der Waals surface area contributed by atoms with Crippen LogP contribution in [0.1, 0.15) is 17.4 Å². The molecule has 0 unspecified atom stereocenters. The molecule has 24 heavy (non-hydrogen) atoms. The minimum Gasteiger partial charge on any atom is -0.341 e. The quantitative estimate of drug-likeness (QED) is 0.780. The molecule has 0 aliphatic heterocycles. The predicted molar refractivity (Wildman–Crippen MR) is 96.6 cm³/mol. The van der Waals surface area contributed by atoms with Crippen molar-refractivity contribution in [3.63, 3.8) is 0 Å². The Bertz CT molecular complexity index is 770. The van der Waals surface area contributed by atoms with Crippen LogP contribution in [0.5, 0.6) is 0 Å². The number of sulfonamides is 1. The van der Waals surface area contributed by atoms with Gasteiger partial charge in [0.05, 0.1) is 0 Å². The van der Waals surface area contributed by atoms with Gasteiger partial charge in [-0.25, -0.2) is 13.1 Å². The molecule has 0 fully saturated rings. The largest absolute Gasteiger partial charge is 0.341 e. The molecule has 1 heterocycles. The standard InChI is InChI=1S/C17H22N2O3S2/c1-14-8-9-17(23-14)24(21,22)18-11-13-19(15(2)20)12-10-16-6-4-3-5-7-16/h3-9,18H,10-13H2,1-2H3. The molecule has 5 nitrogen and oxygen atoms in total. The number of thiophene rings is 1. The molecule has 0 atom stereocenters. The number of nitrogens with one attached hydrogen (secondary N) is 1. The van der Waals surface area contributed by atoms with Gasteiger partial charge in [-0.1, -0.05) is 30.3 Å². The molecule has 0 spiro atoms. The maximum absolute atomic E-state index is 12.2. The highest BCUT2D eigenvalue weighted by Gasteiger charge is 2.16. The van der Waals surface area contributed by atoms with Crippen LogP contribution in [0, 0.1) is 6.92 Å². The first-order chi connectivity index (χ1) is 11.4. The molecule has 130 valence electrons. The molecule has 0 aliphatic carbocycles. The van der Waals surface area contributed by atoms with Crippen molar-refractivity contribution < 1.29 is 13.2 Å². The van der Waals surface area contributed by atoms with E-state index in [0.29, 0.717) is 17.3 Å². The number of aryl methyl sites for hydroxylation is 1. The highest BCUT2D eigenvalue weighted by Crippen LogP contribution is 2.20. The Labute approximate surface area is 147 Å². The zero-order valence-corrected chi connectivity index (χ0v) is 15.5. The van der Waals surface area contributed by atoms with Crippen molar-refractivity contribution in [3.8, 4) is 0 Å². The molecule has 2 rings (SSSR count). The lowest BCUT2D eigenvalue weighted by Crippen LogP contribution is -2.38. The molecule has 0 bridgehead atoms. The van der Waals surface area contributed by atoms with Crippen LogP contribution >= 0.6 is 11.3 Å². The molecule has 0 saturated heterocycles. The summed E-state index contributed by atoms with van der Waals surface area (Å²) in [4.78, 5) is 14.4. The summed E-state index contributed by atoms with van der Waals surface area (Å²) in [6.45, 7) is 4.49. The number of nitrogens with zero attached hydrogens (tertiary/aromatic N) is 1. The van der Waals surface area contributed by atoms with E-state index >= 15 is 0 Å². The summed E-state index contributed by atoms with van der Waals surface area (Å²) in [5.41, 5.74) is 1.15. The van der Waals surface area contributed by atoms with E-state index in [9.17, 15) is 13.2 Å². The first-order valence-corrected chi connectivity index (χ1v) is 10.0. The molecule has 0 saturated carbocycles. The fourth-order valence-corrected chi connectivity index (χ4v) is 4.63. The Morgan fingerprint density at radius 3 is 2.42 bits per heavy atom. The zero-order chi connectivity index (χ0) is 17.6. The van der Waals surface area contributed by atoms with E-state index in [1.54, 1.807) is 17.0 Å². The molecular formula is C17H22N2O3S2. The monoisotopic (exact) mass is 366 g/mol. The van der Waals surface area contributed by atoms with Gasteiger partial charge in [0.25, 0.3) is 0 Å². The molecule has 1 amide bonds. The lowest BCUT2D eigenvalue weighted by atomic mass is 10.1. The number of hydrogen-bond acceptors (Lipinski definition) is 4. The van der Waals surface area contributed by atoms with Crippen molar-refractivity contribution >= 4 is 27.3 Å². The van der Waals surface area contributed by atoms with Crippen molar-refractivity contribution in [1.82, 2.24) is 9.62 Å². The van der Waals surface area contributed by atoms with Gasteiger partial charge in [-0.05, 0) is 31.0 Å². The Hall–Kier alpha value is -1.70. The summed E-state index contributed by atoms with van der Waals surface area (Å²) in [5.74, 6) is -0.0582. The third kappa shape index (κ3) is 5.43. The van der Waals surface area contributed by atoms with E-state index < -0.39 is 10.0 Å². The second kappa shape index (κ2) is 8.41. The van der Waals surface area contributed by atoms with Gasteiger partial charge in [0.2, 0.25) is 15.9 Å². The number of carbonyl (C=O) groups excluding carboxylic acids is 1. The SMILES string of the molecule is CC(=O)N(CCNS(=O)(=O)c1ccc(C)s1)CCc1ccccc1. The van der Waals surface area contributed by atoms with Gasteiger partial charge < -0.3 is 4.90 Å². The van der Waals surface area contributed by atoms with Crippen molar-refractivity contribution in [3.05, 3.63) is 52.9 Å². The number of amides is 1. The Morgan fingerprint density at radius 2 is 1.83 bits per heavy atom. The van der Waals surface area contributed by atoms with Gasteiger partial charge in [-0.2, -0.15) is 0 Å². The summed E-state index contributed by atoms with van der Waals surface area (Å²) in [5, 5.41) is 0. The Balaban J connectivity index is 1.86. The molecule has 1 N–H and O–H groups in total. The number of benzene rings is 1. The number of rotatable bonds is 8. The first kappa shape index (κ1) is 18.6. The Kier molecular flexibility index (Phi) is 6.53. The fraction of sp³-hybridized carbons (Fsp3) is 0.353. The second-order valence-electron chi connectivity index (χ2n) is 5.50. The van der Waals surface area contributed by atoms with Crippen LogP contribution in [-0.4, -0.2) is 38.9 Å². The molecule has 2 aromatic rings. The van der Waals surface area contributed by atoms with Crippen LogP contribution in [0.25, 0.3) is 0 Å². The van der Waals surface area contributed by atoms with Crippen LogP contribution in [0.15, 0.2) is 46.7 Å². The van der Waals surface area contributed by atoms with Crippen LogP contribution < -0.4 is 4.72 Å². The average molecular weight is 367 g/mol. The van der Waals surface area contributed by atoms with E-state index in [2.05, 4.69) is 4.72 Å². The maximum atomic E-state index is 12.2. The molecule has 7 heteroatoms. The van der Waals surface area contributed by atoms with Crippen LogP contribution in [0.4, 0.5) is 0 Å². The van der Waals surface area contributed by atoms with E-state index in [1.807, 2.05) is 37.3 Å². The van der Waals surface area contributed by atoms with Crippen LogP contribution in [0.2, 0.25) is 0 Å². The highest BCUT2D eigenvalue weighted by molar-refractivity contribution is 7.91. The minimum absolute atomic E-state index is 0.0582. The maximum Gasteiger partial charge on any atom is 0.250 e. The zero-order valence-electron chi connectivity index (χ0n) is 13.9. The van der Waals surface area contributed by atoms with Gasteiger partial charge in [-0.15, -0.1) is 11.3 Å². The lowest BCUT2D eigenvalue weighted by Gasteiger charge is -2.21. The van der Waals surface area contributed by atoms with E-state index in [4.69, 9.17) is 0 Å². The third-order valence-electron chi connectivity index (χ3n) is 3.61. The minimum atomic E-state index is -3.50. The van der Waals surface area contributed by atoms with Gasteiger partial charge in [-0.3, -0.25) is 4.79 Å². The summed E-state index contributed by atoms with van der Waals surface area (Å²) < 4.78 is 27.2. The molecule has 1 aromatic carbocycles. The average Bonchev–Trinajstić information content (AvgIpc) is 2.98. The van der Waals surface area contributed by atoms with Crippen molar-refractivity contribution in [2.75, 3.05) is 19.6 Å². The van der Waals surface area contributed by atoms with E-state index in [-0.39, 0.29) is 12.5 Å². The van der Waals surface area contributed by atoms with Gasteiger partial charge in [0, 0.05) is 31.4 Å². The molecular weight excluding hydrogens is 344 g/mol. The van der Waals surface area contributed by atoms with Gasteiger partial charge in [0.15, 0.2) is 0 Å².